The molecule has 24 heavy (non-hydrogen) atoms. The number of aromatic nitrogens is 2. The molecule has 0 saturated heterocycles. The summed E-state index contributed by atoms with van der Waals surface area (Å²) in [5, 5.41) is 12.7. The predicted molar refractivity (Wildman–Crippen MR) is 96.8 cm³/mol. The average Bonchev–Trinajstić information content (AvgIpc) is 3.02. The van der Waals surface area contributed by atoms with Crippen molar-refractivity contribution in [2.45, 2.75) is 59.0 Å². The molecule has 5 heteroatoms. The van der Waals surface area contributed by atoms with Crippen molar-refractivity contribution >= 4 is 11.6 Å². The molecule has 1 heterocycles. The number of hydrogen-bond acceptors (Lipinski definition) is 4. The maximum Gasteiger partial charge on any atom is 0.247 e. The van der Waals surface area contributed by atoms with Crippen LogP contribution in [-0.2, 0) is 6.54 Å². The number of rotatable bonds is 4. The van der Waals surface area contributed by atoms with Crippen LogP contribution in [0.25, 0.3) is 11.5 Å². The van der Waals surface area contributed by atoms with Crippen molar-refractivity contribution in [1.82, 2.24) is 15.5 Å². The van der Waals surface area contributed by atoms with Gasteiger partial charge in [0.2, 0.25) is 11.8 Å². The molecular formula is C19H26ClN3O. The van der Waals surface area contributed by atoms with Gasteiger partial charge in [-0.25, -0.2) is 0 Å². The average molecular weight is 348 g/mol. The Balaban J connectivity index is 1.63. The van der Waals surface area contributed by atoms with E-state index in [2.05, 4.69) is 36.3 Å². The Labute approximate surface area is 149 Å². The predicted octanol–water partition coefficient (Wildman–Crippen LogP) is 5.08. The maximum atomic E-state index is 5.91. The quantitative estimate of drug-likeness (QED) is 0.837. The van der Waals surface area contributed by atoms with Gasteiger partial charge in [0.15, 0.2) is 0 Å². The van der Waals surface area contributed by atoms with Crippen LogP contribution >= 0.6 is 11.6 Å². The van der Waals surface area contributed by atoms with E-state index in [-0.39, 0.29) is 0 Å². The van der Waals surface area contributed by atoms with Crippen molar-refractivity contribution in [2.24, 2.45) is 11.3 Å². The van der Waals surface area contributed by atoms with Crippen LogP contribution in [0.15, 0.2) is 28.7 Å². The van der Waals surface area contributed by atoms with Crippen molar-refractivity contribution < 1.29 is 4.42 Å². The summed E-state index contributed by atoms with van der Waals surface area (Å²) < 4.78 is 5.79. The second kappa shape index (κ2) is 7.24. The largest absolute Gasteiger partial charge is 0.419 e. The molecule has 1 N–H and O–H groups in total. The molecule has 2 unspecified atom stereocenters. The van der Waals surface area contributed by atoms with Crippen molar-refractivity contribution in [2.75, 3.05) is 0 Å². The number of nitrogens with one attached hydrogen (secondary N) is 1. The van der Waals surface area contributed by atoms with Crippen LogP contribution in [0.4, 0.5) is 0 Å². The summed E-state index contributed by atoms with van der Waals surface area (Å²) in [6, 6.07) is 7.96. The Hall–Kier alpha value is -1.39. The second-order valence-corrected chi connectivity index (χ2v) is 8.19. The first-order valence-corrected chi connectivity index (χ1v) is 9.13. The molecule has 0 bridgehead atoms. The molecule has 2 atom stereocenters. The van der Waals surface area contributed by atoms with Crippen molar-refractivity contribution in [1.29, 1.82) is 0 Å². The third kappa shape index (κ3) is 4.17. The van der Waals surface area contributed by atoms with Gasteiger partial charge in [-0.2, -0.15) is 0 Å². The number of nitrogens with zero attached hydrogens (tertiary/aromatic N) is 2. The highest BCUT2D eigenvalue weighted by Gasteiger charge is 2.33. The second-order valence-electron chi connectivity index (χ2n) is 7.75. The van der Waals surface area contributed by atoms with E-state index in [1.165, 1.54) is 25.7 Å². The van der Waals surface area contributed by atoms with Crippen LogP contribution in [0.3, 0.4) is 0 Å². The zero-order valence-corrected chi connectivity index (χ0v) is 15.4. The lowest BCUT2D eigenvalue weighted by Crippen LogP contribution is -2.43. The summed E-state index contributed by atoms with van der Waals surface area (Å²) >= 11 is 5.91. The fraction of sp³-hybridized carbons (Fsp3) is 0.579. The summed E-state index contributed by atoms with van der Waals surface area (Å²) in [6.07, 6.45) is 5.15. The van der Waals surface area contributed by atoms with Gasteiger partial charge in [0.1, 0.15) is 0 Å². The number of hydrogen-bond donors (Lipinski definition) is 1. The van der Waals surface area contributed by atoms with Crippen molar-refractivity contribution in [3.05, 3.63) is 35.2 Å². The molecule has 1 aliphatic carbocycles. The lowest BCUT2D eigenvalue weighted by molar-refractivity contribution is 0.128. The zero-order chi connectivity index (χ0) is 17.2. The third-order valence-electron chi connectivity index (χ3n) is 4.95. The van der Waals surface area contributed by atoms with Gasteiger partial charge in [0.05, 0.1) is 6.54 Å². The van der Waals surface area contributed by atoms with E-state index in [4.69, 9.17) is 16.0 Å². The third-order valence-corrected chi connectivity index (χ3v) is 5.20. The van der Waals surface area contributed by atoms with Gasteiger partial charge in [0.25, 0.3) is 0 Å². The van der Waals surface area contributed by atoms with Gasteiger partial charge in [-0.3, -0.25) is 0 Å². The molecule has 0 radical (unpaired) electrons. The SMILES string of the molecule is CC(C)(C)C1CCCCC1NCc1nnc(-c2ccc(Cl)cc2)o1. The number of benzene rings is 1. The van der Waals surface area contributed by atoms with Crippen LogP contribution < -0.4 is 5.32 Å². The molecule has 1 fully saturated rings. The Kier molecular flexibility index (Phi) is 5.26. The van der Waals surface area contributed by atoms with Gasteiger partial charge < -0.3 is 9.73 Å². The minimum absolute atomic E-state index is 0.321. The topological polar surface area (TPSA) is 51.0 Å². The molecule has 0 amide bonds. The van der Waals surface area contributed by atoms with Crippen molar-refractivity contribution in [3.8, 4) is 11.5 Å². The maximum absolute atomic E-state index is 5.91. The monoisotopic (exact) mass is 347 g/mol. The summed E-state index contributed by atoms with van der Waals surface area (Å²) in [7, 11) is 0. The molecule has 4 nitrogen and oxygen atoms in total. The van der Waals surface area contributed by atoms with Gasteiger partial charge in [-0.05, 0) is 48.4 Å². The number of halogens is 1. The lowest BCUT2D eigenvalue weighted by atomic mass is 9.69. The fourth-order valence-electron chi connectivity index (χ4n) is 3.66. The van der Waals surface area contributed by atoms with E-state index < -0.39 is 0 Å². The molecular weight excluding hydrogens is 322 g/mol. The normalized spacial score (nSPS) is 21.8. The lowest BCUT2D eigenvalue weighted by Gasteiger charge is -2.40. The molecule has 1 saturated carbocycles. The van der Waals surface area contributed by atoms with E-state index in [1.54, 1.807) is 0 Å². The van der Waals surface area contributed by atoms with E-state index in [9.17, 15) is 0 Å². The van der Waals surface area contributed by atoms with Crippen LogP contribution in [0.5, 0.6) is 0 Å². The van der Waals surface area contributed by atoms with Gasteiger partial charge in [-0.15, -0.1) is 10.2 Å². The van der Waals surface area contributed by atoms with Gasteiger partial charge in [0, 0.05) is 16.6 Å². The van der Waals surface area contributed by atoms with E-state index in [1.807, 2.05) is 24.3 Å². The first kappa shape index (κ1) is 17.4. The molecule has 1 aromatic carbocycles. The molecule has 0 aliphatic heterocycles. The highest BCUT2D eigenvalue weighted by molar-refractivity contribution is 6.30. The molecule has 130 valence electrons. The summed E-state index contributed by atoms with van der Waals surface area (Å²) in [6.45, 7) is 7.63. The summed E-state index contributed by atoms with van der Waals surface area (Å²) in [5.74, 6) is 1.86. The molecule has 2 aromatic rings. The van der Waals surface area contributed by atoms with Gasteiger partial charge in [-0.1, -0.05) is 45.2 Å². The van der Waals surface area contributed by atoms with Gasteiger partial charge >= 0.3 is 0 Å². The van der Waals surface area contributed by atoms with Crippen LogP contribution in [0.1, 0.15) is 52.3 Å². The Morgan fingerprint density at radius 1 is 1.12 bits per heavy atom. The summed E-state index contributed by atoms with van der Waals surface area (Å²) in [5.41, 5.74) is 1.21. The van der Waals surface area contributed by atoms with Crippen LogP contribution in [0, 0.1) is 11.3 Å². The van der Waals surface area contributed by atoms with Crippen LogP contribution in [0.2, 0.25) is 5.02 Å². The standard InChI is InChI=1S/C19H26ClN3O/c1-19(2,3)15-6-4-5-7-16(15)21-12-17-22-23-18(24-17)13-8-10-14(20)11-9-13/h8-11,15-16,21H,4-7,12H2,1-3H3. The van der Waals surface area contributed by atoms with E-state index >= 15 is 0 Å². The fourth-order valence-corrected chi connectivity index (χ4v) is 3.79. The van der Waals surface area contributed by atoms with Crippen LogP contribution in [-0.4, -0.2) is 16.2 Å². The highest BCUT2D eigenvalue weighted by atomic mass is 35.5. The minimum atomic E-state index is 0.321. The molecule has 1 aromatic heterocycles. The first-order valence-electron chi connectivity index (χ1n) is 8.75. The Morgan fingerprint density at radius 3 is 2.54 bits per heavy atom. The Bertz CT molecular complexity index is 660. The van der Waals surface area contributed by atoms with Crippen molar-refractivity contribution in [3.63, 3.8) is 0 Å². The van der Waals surface area contributed by atoms with E-state index in [0.29, 0.717) is 40.7 Å². The molecule has 0 spiro atoms. The first-order chi connectivity index (χ1) is 11.4. The molecule has 1 aliphatic rings. The minimum Gasteiger partial charge on any atom is -0.419 e. The smallest absolute Gasteiger partial charge is 0.247 e. The Morgan fingerprint density at radius 2 is 1.83 bits per heavy atom. The molecule has 3 rings (SSSR count). The summed E-state index contributed by atoms with van der Waals surface area (Å²) in [4.78, 5) is 0. The highest BCUT2D eigenvalue weighted by Crippen LogP contribution is 2.38. The zero-order valence-electron chi connectivity index (χ0n) is 14.7. The van der Waals surface area contributed by atoms with E-state index in [0.717, 1.165) is 5.56 Å².